The van der Waals surface area contributed by atoms with Crippen LogP contribution < -0.4 is 10.6 Å². The van der Waals surface area contributed by atoms with Gasteiger partial charge in [-0.3, -0.25) is 4.79 Å². The summed E-state index contributed by atoms with van der Waals surface area (Å²) in [7, 11) is 0. The number of hydrogen-bond acceptors (Lipinski definition) is 3. The highest BCUT2D eigenvalue weighted by molar-refractivity contribution is 5.87. The van der Waals surface area contributed by atoms with Crippen LogP contribution in [0.4, 0.5) is 5.69 Å². The van der Waals surface area contributed by atoms with Gasteiger partial charge in [0.15, 0.2) is 0 Å². The molecule has 20 heavy (non-hydrogen) atoms. The van der Waals surface area contributed by atoms with Gasteiger partial charge in [-0.1, -0.05) is 12.1 Å². The molecular weight excluding hydrogens is 250 g/mol. The quantitative estimate of drug-likeness (QED) is 0.889. The average molecular weight is 273 g/mol. The second-order valence-corrected chi connectivity index (χ2v) is 6.13. The van der Waals surface area contributed by atoms with Crippen molar-refractivity contribution in [1.82, 2.24) is 4.90 Å². The number of hydrogen-bond donors (Lipinski definition) is 1. The van der Waals surface area contributed by atoms with Crippen molar-refractivity contribution in [2.24, 2.45) is 5.73 Å². The molecule has 1 aliphatic carbocycles. The molecule has 0 spiro atoms. The first-order valence-electron chi connectivity index (χ1n) is 7.48. The zero-order chi connectivity index (χ0) is 14.2. The van der Waals surface area contributed by atoms with Gasteiger partial charge in [0.1, 0.15) is 0 Å². The number of carbonyl (C=O) groups is 1. The third kappa shape index (κ3) is 2.40. The minimum absolute atomic E-state index is 0.160. The van der Waals surface area contributed by atoms with E-state index in [9.17, 15) is 4.79 Å². The monoisotopic (exact) mass is 273 g/mol. The minimum atomic E-state index is -0.550. The Morgan fingerprint density at radius 3 is 2.45 bits per heavy atom. The molecule has 0 aromatic heterocycles. The molecule has 0 unspecified atom stereocenters. The van der Waals surface area contributed by atoms with E-state index >= 15 is 0 Å². The number of carbonyl (C=O) groups excluding carboxylic acids is 1. The van der Waals surface area contributed by atoms with E-state index in [1.807, 2.05) is 4.90 Å². The van der Waals surface area contributed by atoms with Crippen LogP contribution >= 0.6 is 0 Å². The Bertz CT molecular complexity index is 502. The second kappa shape index (κ2) is 5.09. The molecular formula is C16H23N3O. The summed E-state index contributed by atoms with van der Waals surface area (Å²) >= 11 is 0. The molecule has 1 aliphatic heterocycles. The Hall–Kier alpha value is -1.55. The highest BCUT2D eigenvalue weighted by Crippen LogP contribution is 2.31. The van der Waals surface area contributed by atoms with Crippen LogP contribution in [0.2, 0.25) is 0 Å². The van der Waals surface area contributed by atoms with Gasteiger partial charge in [-0.15, -0.1) is 0 Å². The lowest BCUT2D eigenvalue weighted by molar-refractivity contribution is -0.140. The smallest absolute Gasteiger partial charge is 0.242 e. The maximum Gasteiger partial charge on any atom is 0.242 e. The fraction of sp³-hybridized carbons (Fsp3) is 0.562. The van der Waals surface area contributed by atoms with E-state index in [0.717, 1.165) is 45.4 Å². The maximum atomic E-state index is 12.4. The van der Waals surface area contributed by atoms with E-state index in [1.54, 1.807) is 0 Å². The Kier molecular flexibility index (Phi) is 3.42. The van der Waals surface area contributed by atoms with Crippen molar-refractivity contribution in [2.45, 2.75) is 31.7 Å². The summed E-state index contributed by atoms with van der Waals surface area (Å²) < 4.78 is 0. The maximum absolute atomic E-state index is 12.4. The number of benzene rings is 1. The number of nitrogens with two attached hydrogens (primary N) is 1. The molecule has 2 fully saturated rings. The van der Waals surface area contributed by atoms with Crippen LogP contribution in [0.5, 0.6) is 0 Å². The van der Waals surface area contributed by atoms with E-state index in [-0.39, 0.29) is 5.91 Å². The fourth-order valence-electron chi connectivity index (χ4n) is 3.08. The van der Waals surface area contributed by atoms with Crippen LogP contribution in [-0.2, 0) is 4.79 Å². The van der Waals surface area contributed by atoms with Crippen LogP contribution in [0.3, 0.4) is 0 Å². The molecule has 108 valence electrons. The van der Waals surface area contributed by atoms with E-state index in [0.29, 0.717) is 0 Å². The lowest BCUT2D eigenvalue weighted by Gasteiger charge is -2.43. The van der Waals surface area contributed by atoms with Crippen LogP contribution in [0.15, 0.2) is 24.3 Å². The first-order valence-corrected chi connectivity index (χ1v) is 7.48. The van der Waals surface area contributed by atoms with Gasteiger partial charge < -0.3 is 15.5 Å². The molecule has 1 aromatic carbocycles. The number of nitrogens with zero attached hydrogens (tertiary/aromatic N) is 2. The molecule has 1 amide bonds. The lowest BCUT2D eigenvalue weighted by atomic mass is 9.76. The number of amides is 1. The molecule has 0 bridgehead atoms. The van der Waals surface area contributed by atoms with Crippen LogP contribution in [0, 0.1) is 6.92 Å². The fourth-order valence-corrected chi connectivity index (χ4v) is 3.08. The van der Waals surface area contributed by atoms with Crippen molar-refractivity contribution in [3.05, 3.63) is 29.8 Å². The average Bonchev–Trinajstić information content (AvgIpc) is 2.44. The zero-order valence-electron chi connectivity index (χ0n) is 12.1. The molecule has 2 aliphatic rings. The lowest BCUT2D eigenvalue weighted by Crippen LogP contribution is -2.62. The summed E-state index contributed by atoms with van der Waals surface area (Å²) in [5, 5.41) is 0. The number of rotatable bonds is 2. The van der Waals surface area contributed by atoms with E-state index in [4.69, 9.17) is 5.73 Å². The highest BCUT2D eigenvalue weighted by atomic mass is 16.2. The second-order valence-electron chi connectivity index (χ2n) is 6.13. The number of aryl methyl sites for hydroxylation is 1. The molecule has 4 heteroatoms. The predicted molar refractivity (Wildman–Crippen MR) is 80.7 cm³/mol. The Balaban J connectivity index is 1.61. The summed E-state index contributed by atoms with van der Waals surface area (Å²) in [6.45, 7) is 5.46. The van der Waals surface area contributed by atoms with Gasteiger partial charge in [-0.2, -0.15) is 0 Å². The number of anilines is 1. The van der Waals surface area contributed by atoms with Gasteiger partial charge in [0.2, 0.25) is 5.91 Å². The zero-order valence-corrected chi connectivity index (χ0v) is 12.1. The van der Waals surface area contributed by atoms with Gasteiger partial charge in [0, 0.05) is 31.9 Å². The highest BCUT2D eigenvalue weighted by Gasteiger charge is 2.43. The molecule has 0 atom stereocenters. The van der Waals surface area contributed by atoms with Gasteiger partial charge in [-0.25, -0.2) is 0 Å². The van der Waals surface area contributed by atoms with Crippen LogP contribution in [0.1, 0.15) is 24.8 Å². The van der Waals surface area contributed by atoms with Crippen molar-refractivity contribution < 1.29 is 4.79 Å². The predicted octanol–water partition coefficient (Wildman–Crippen LogP) is 1.53. The Labute approximate surface area is 120 Å². The Morgan fingerprint density at radius 2 is 1.90 bits per heavy atom. The molecule has 1 heterocycles. The van der Waals surface area contributed by atoms with Crippen molar-refractivity contribution in [2.75, 3.05) is 31.1 Å². The molecule has 3 rings (SSSR count). The Morgan fingerprint density at radius 1 is 1.20 bits per heavy atom. The molecule has 1 aromatic rings. The molecule has 1 saturated carbocycles. The first kappa shape index (κ1) is 13.4. The summed E-state index contributed by atoms with van der Waals surface area (Å²) in [5.41, 5.74) is 8.12. The summed E-state index contributed by atoms with van der Waals surface area (Å²) in [5.74, 6) is 0.160. The first-order chi connectivity index (χ1) is 9.58. The van der Waals surface area contributed by atoms with Crippen molar-refractivity contribution in [1.29, 1.82) is 0 Å². The van der Waals surface area contributed by atoms with E-state index < -0.39 is 5.54 Å². The largest absolute Gasteiger partial charge is 0.368 e. The molecule has 1 saturated heterocycles. The van der Waals surface area contributed by atoms with E-state index in [1.165, 1.54) is 11.3 Å². The third-order valence-electron chi connectivity index (χ3n) is 4.61. The standard InChI is InChI=1S/C16H23N3O/c1-13-4-2-5-14(12-13)18-8-10-19(11-9-18)15(20)16(17)6-3-7-16/h2,4-5,12H,3,6-11,17H2,1H3. The molecule has 2 N–H and O–H groups in total. The topological polar surface area (TPSA) is 49.6 Å². The van der Waals surface area contributed by atoms with Crippen LogP contribution in [-0.4, -0.2) is 42.5 Å². The van der Waals surface area contributed by atoms with Gasteiger partial charge in [0.25, 0.3) is 0 Å². The molecule has 4 nitrogen and oxygen atoms in total. The van der Waals surface area contributed by atoms with Gasteiger partial charge >= 0.3 is 0 Å². The summed E-state index contributed by atoms with van der Waals surface area (Å²) in [6, 6.07) is 8.54. The summed E-state index contributed by atoms with van der Waals surface area (Å²) in [6.07, 6.45) is 2.79. The SMILES string of the molecule is Cc1cccc(N2CCN(C(=O)C3(N)CCC3)CC2)c1. The van der Waals surface area contributed by atoms with Crippen molar-refractivity contribution >= 4 is 11.6 Å². The van der Waals surface area contributed by atoms with E-state index in [2.05, 4.69) is 36.1 Å². The van der Waals surface area contributed by atoms with Crippen molar-refractivity contribution in [3.8, 4) is 0 Å². The van der Waals surface area contributed by atoms with Gasteiger partial charge in [-0.05, 0) is 43.9 Å². The van der Waals surface area contributed by atoms with Crippen molar-refractivity contribution in [3.63, 3.8) is 0 Å². The third-order valence-corrected chi connectivity index (χ3v) is 4.61. The normalized spacial score (nSPS) is 21.5. The molecule has 0 radical (unpaired) electrons. The van der Waals surface area contributed by atoms with Crippen LogP contribution in [0.25, 0.3) is 0 Å². The minimum Gasteiger partial charge on any atom is -0.368 e. The summed E-state index contributed by atoms with van der Waals surface area (Å²) in [4.78, 5) is 16.7. The van der Waals surface area contributed by atoms with Gasteiger partial charge in [0.05, 0.1) is 5.54 Å². The number of piperazine rings is 1.